The smallest absolute Gasteiger partial charge is 0.330 e. The van der Waals surface area contributed by atoms with Gasteiger partial charge in [-0.2, -0.15) is 8.42 Å². The molecule has 0 spiro atoms. The fourth-order valence-corrected chi connectivity index (χ4v) is 7.98. The van der Waals surface area contributed by atoms with Crippen molar-refractivity contribution in [2.24, 2.45) is 5.92 Å². The minimum atomic E-state index is -3.96. The van der Waals surface area contributed by atoms with Crippen molar-refractivity contribution in [3.63, 3.8) is 0 Å². The maximum atomic E-state index is 12.6. The number of halogens is 2. The molecule has 1 fully saturated rings. The first kappa shape index (κ1) is 32.1. The van der Waals surface area contributed by atoms with Gasteiger partial charge < -0.3 is 14.4 Å². The number of aliphatic hydroxyl groups is 1. The maximum absolute atomic E-state index is 12.6. The topological polar surface area (TPSA) is 96.7 Å². The predicted molar refractivity (Wildman–Crippen MR) is 191 cm³/mol. The number of nitrogens with zero attached hydrogens (tertiary/aromatic N) is 3. The molecular weight excluding hydrogens is 667 g/mol. The molecule has 0 radical (unpaired) electrons. The van der Waals surface area contributed by atoms with Gasteiger partial charge in [-0.3, -0.25) is 0 Å². The monoisotopic (exact) mass is 700 g/mol. The largest absolute Gasteiger partial charge is 0.493 e. The van der Waals surface area contributed by atoms with Gasteiger partial charge in [0.1, 0.15) is 11.6 Å². The molecule has 0 bridgehead atoms. The Balaban J connectivity index is 1.18. The molecule has 11 heteroatoms. The minimum absolute atomic E-state index is 0.343. The molecule has 2 N–H and O–H groups in total. The molecule has 0 unspecified atom stereocenters. The van der Waals surface area contributed by atoms with Crippen molar-refractivity contribution >= 4 is 39.1 Å². The third-order valence-electron chi connectivity index (χ3n) is 8.79. The van der Waals surface area contributed by atoms with E-state index in [1.807, 2.05) is 29.0 Å². The third kappa shape index (κ3) is 6.90. The molecule has 8 nitrogen and oxygen atoms in total. The minimum Gasteiger partial charge on any atom is -0.493 e. The van der Waals surface area contributed by atoms with Crippen molar-refractivity contribution in [1.82, 2.24) is 14.3 Å². The summed E-state index contributed by atoms with van der Waals surface area (Å²) in [6.07, 6.45) is 9.87. The molecule has 0 saturated heterocycles. The number of aliphatic hydroxyl groups excluding tert-OH is 1. The predicted octanol–water partition coefficient (Wildman–Crippen LogP) is 9.07. The lowest BCUT2D eigenvalue weighted by Crippen LogP contribution is -2.29. The second-order valence-electron chi connectivity index (χ2n) is 12.2. The van der Waals surface area contributed by atoms with Crippen LogP contribution in [0.1, 0.15) is 43.5 Å². The average Bonchev–Trinajstić information content (AvgIpc) is 3.62. The van der Waals surface area contributed by atoms with E-state index >= 15 is 0 Å². The van der Waals surface area contributed by atoms with Crippen LogP contribution in [-0.4, -0.2) is 29.7 Å². The Morgan fingerprint density at radius 3 is 2.29 bits per heavy atom. The zero-order valence-electron chi connectivity index (χ0n) is 26.0. The summed E-state index contributed by atoms with van der Waals surface area (Å²) in [7, 11) is -3.96. The van der Waals surface area contributed by atoms with Crippen molar-refractivity contribution in [3.05, 3.63) is 131 Å². The number of benzene rings is 4. The van der Waals surface area contributed by atoms with Crippen molar-refractivity contribution in [2.75, 3.05) is 10.9 Å². The van der Waals surface area contributed by atoms with E-state index in [0.717, 1.165) is 39.6 Å². The van der Waals surface area contributed by atoms with Crippen LogP contribution >= 0.6 is 23.2 Å². The van der Waals surface area contributed by atoms with Crippen LogP contribution in [0.5, 0.6) is 5.75 Å². The Morgan fingerprint density at radius 2 is 1.56 bits per heavy atom. The normalized spacial score (nSPS) is 16.0. The molecule has 1 aliphatic carbocycles. The SMILES string of the molecule is O=S1(=O)NC(O)=CN1c1cccc(-n2cc(-c3c(Cl)cccc3Cl)nc2Cc2ccc(-c3cccc(OCC4CCCCC4)c3)cc2)c1. The average molecular weight is 702 g/mol. The van der Waals surface area contributed by atoms with Crippen molar-refractivity contribution in [1.29, 1.82) is 0 Å². The number of hydrogen-bond donors (Lipinski definition) is 2. The van der Waals surface area contributed by atoms with Gasteiger partial charge in [-0.25, -0.2) is 14.0 Å². The lowest BCUT2D eigenvalue weighted by Gasteiger charge is -2.21. The molecule has 2 aliphatic rings. The summed E-state index contributed by atoms with van der Waals surface area (Å²) in [6.45, 7) is 0.767. The number of aromatic nitrogens is 2. The van der Waals surface area contributed by atoms with Crippen LogP contribution in [0.15, 0.2) is 109 Å². The molecule has 7 rings (SSSR count). The zero-order chi connectivity index (χ0) is 33.3. The van der Waals surface area contributed by atoms with E-state index in [0.29, 0.717) is 50.8 Å². The zero-order valence-corrected chi connectivity index (χ0v) is 28.3. The van der Waals surface area contributed by atoms with Crippen LogP contribution in [-0.2, 0) is 16.6 Å². The molecule has 4 aromatic carbocycles. The Bertz CT molecular complexity index is 2070. The summed E-state index contributed by atoms with van der Waals surface area (Å²) < 4.78 is 36.3. The fourth-order valence-electron chi connectivity index (χ4n) is 6.34. The molecule has 1 aliphatic heterocycles. The van der Waals surface area contributed by atoms with Crippen molar-refractivity contribution in [3.8, 4) is 33.8 Å². The van der Waals surface area contributed by atoms with E-state index in [4.69, 9.17) is 32.9 Å². The van der Waals surface area contributed by atoms with Crippen LogP contribution in [0.4, 0.5) is 5.69 Å². The Kier molecular flexibility index (Phi) is 9.09. The van der Waals surface area contributed by atoms with E-state index in [1.165, 1.54) is 32.1 Å². The van der Waals surface area contributed by atoms with E-state index in [9.17, 15) is 13.5 Å². The molecule has 1 aromatic heterocycles. The first-order chi connectivity index (χ1) is 23.2. The van der Waals surface area contributed by atoms with Gasteiger partial charge in [0.25, 0.3) is 0 Å². The van der Waals surface area contributed by atoms with Crippen LogP contribution in [0.25, 0.3) is 28.1 Å². The Hall–Kier alpha value is -4.44. The number of ether oxygens (including phenoxy) is 1. The summed E-state index contributed by atoms with van der Waals surface area (Å²) in [5, 5.41) is 10.8. The van der Waals surface area contributed by atoms with Crippen molar-refractivity contribution < 1.29 is 18.3 Å². The highest BCUT2D eigenvalue weighted by molar-refractivity contribution is 7.91. The van der Waals surface area contributed by atoms with Crippen molar-refractivity contribution in [2.45, 2.75) is 38.5 Å². The standard InChI is InChI=1S/C37H34Cl2N4O4S/c38-32-13-6-14-33(39)37(32)34-22-42(29-10-5-11-30(21-29)43-23-36(44)41-48(43,45)46)35(40-34)19-25-15-17-27(18-16-25)28-9-4-12-31(20-28)47-24-26-7-2-1-3-8-26/h4-6,9-18,20-23,26,41,44H,1-3,7-8,19,24H2. The highest BCUT2D eigenvalue weighted by Crippen LogP contribution is 2.36. The van der Waals surface area contributed by atoms with Gasteiger partial charge in [0.15, 0.2) is 0 Å². The molecular formula is C37H34Cl2N4O4S. The Labute approximate surface area is 290 Å². The van der Waals surface area contributed by atoms with Gasteiger partial charge in [0.05, 0.1) is 34.2 Å². The quantitative estimate of drug-likeness (QED) is 0.160. The second kappa shape index (κ2) is 13.6. The number of nitrogens with one attached hydrogen (secondary N) is 1. The van der Waals surface area contributed by atoms with Gasteiger partial charge in [0.2, 0.25) is 5.88 Å². The molecule has 246 valence electrons. The first-order valence-corrected chi connectivity index (χ1v) is 18.1. The highest BCUT2D eigenvalue weighted by atomic mass is 35.5. The molecule has 1 saturated carbocycles. The van der Waals surface area contributed by atoms with Crippen LogP contribution in [0, 0.1) is 5.92 Å². The lowest BCUT2D eigenvalue weighted by atomic mass is 9.90. The van der Waals surface area contributed by atoms with Crippen LogP contribution in [0.3, 0.4) is 0 Å². The van der Waals surface area contributed by atoms with Gasteiger partial charge in [-0.05, 0) is 77.9 Å². The third-order valence-corrected chi connectivity index (χ3v) is 10.7. The summed E-state index contributed by atoms with van der Waals surface area (Å²) in [4.78, 5) is 4.97. The molecule has 0 atom stereocenters. The summed E-state index contributed by atoms with van der Waals surface area (Å²) in [5.41, 5.74) is 5.40. The fraction of sp³-hybridized carbons (Fsp3) is 0.216. The van der Waals surface area contributed by atoms with Gasteiger partial charge in [-0.1, -0.05) is 91.0 Å². The lowest BCUT2D eigenvalue weighted by molar-refractivity contribution is 0.209. The highest BCUT2D eigenvalue weighted by Gasteiger charge is 2.29. The molecule has 48 heavy (non-hydrogen) atoms. The second-order valence-corrected chi connectivity index (χ2v) is 14.5. The number of hydrogen-bond acceptors (Lipinski definition) is 5. The summed E-state index contributed by atoms with van der Waals surface area (Å²) in [5.74, 6) is 1.77. The van der Waals surface area contributed by atoms with Gasteiger partial charge >= 0.3 is 10.2 Å². The molecule has 2 heterocycles. The van der Waals surface area contributed by atoms with E-state index in [2.05, 4.69) is 41.1 Å². The van der Waals surface area contributed by atoms with Crippen LogP contribution < -0.4 is 13.8 Å². The maximum Gasteiger partial charge on any atom is 0.330 e. The Morgan fingerprint density at radius 1 is 0.854 bits per heavy atom. The number of imidazole rings is 1. The van der Waals surface area contributed by atoms with E-state index in [-0.39, 0.29) is 0 Å². The van der Waals surface area contributed by atoms with Gasteiger partial charge in [-0.15, -0.1) is 0 Å². The number of rotatable bonds is 9. The van der Waals surface area contributed by atoms with Crippen LogP contribution in [0.2, 0.25) is 10.0 Å². The van der Waals surface area contributed by atoms with E-state index < -0.39 is 16.1 Å². The van der Waals surface area contributed by atoms with Gasteiger partial charge in [0, 0.05) is 23.9 Å². The molecule has 0 amide bonds. The molecule has 5 aromatic rings. The summed E-state index contributed by atoms with van der Waals surface area (Å²) >= 11 is 13.2. The number of anilines is 1. The summed E-state index contributed by atoms with van der Waals surface area (Å²) in [6, 6.07) is 28.9. The van der Waals surface area contributed by atoms with E-state index in [1.54, 1.807) is 36.4 Å². The first-order valence-electron chi connectivity index (χ1n) is 15.9.